The molecule has 1 amide bonds. The first-order chi connectivity index (χ1) is 13.3. The fraction of sp³-hybridized carbons (Fsp3) is 0.286. The predicted molar refractivity (Wildman–Crippen MR) is 99.5 cm³/mol. The molecule has 0 aliphatic heterocycles. The van der Waals surface area contributed by atoms with Crippen LogP contribution in [-0.2, 0) is 14.3 Å². The van der Waals surface area contributed by atoms with Crippen LogP contribution in [0.15, 0.2) is 42.5 Å². The number of carbonyl (C=O) groups is 3. The summed E-state index contributed by atoms with van der Waals surface area (Å²) in [6.45, 7) is 3.22. The molecule has 1 unspecified atom stereocenters. The van der Waals surface area contributed by atoms with E-state index in [1.54, 1.807) is 26.0 Å². The molecule has 2 rings (SSSR count). The van der Waals surface area contributed by atoms with Gasteiger partial charge in [-0.05, 0) is 24.6 Å². The number of amides is 1. The SMILES string of the molecule is CCOC(=O)CNC(=O)C(C)CC(=O)c1ccc(-c2ccc(F)cc2F)cc1. The fourth-order valence-electron chi connectivity index (χ4n) is 2.59. The number of hydrogen-bond donors (Lipinski definition) is 1. The van der Waals surface area contributed by atoms with E-state index in [9.17, 15) is 23.2 Å². The van der Waals surface area contributed by atoms with Crippen LogP contribution in [0.1, 0.15) is 30.6 Å². The highest BCUT2D eigenvalue weighted by molar-refractivity contribution is 5.99. The van der Waals surface area contributed by atoms with Gasteiger partial charge in [0.2, 0.25) is 5.91 Å². The molecule has 2 aromatic carbocycles. The number of hydrogen-bond acceptors (Lipinski definition) is 4. The van der Waals surface area contributed by atoms with Crippen molar-refractivity contribution in [2.24, 2.45) is 5.92 Å². The Morgan fingerprint density at radius 3 is 2.36 bits per heavy atom. The maximum atomic E-state index is 13.8. The van der Waals surface area contributed by atoms with Gasteiger partial charge in [-0.15, -0.1) is 0 Å². The second kappa shape index (κ2) is 9.73. The van der Waals surface area contributed by atoms with E-state index in [-0.39, 0.29) is 30.9 Å². The monoisotopic (exact) mass is 389 g/mol. The van der Waals surface area contributed by atoms with Gasteiger partial charge in [-0.1, -0.05) is 31.2 Å². The van der Waals surface area contributed by atoms with Gasteiger partial charge in [0.25, 0.3) is 0 Å². The topological polar surface area (TPSA) is 72.5 Å². The van der Waals surface area contributed by atoms with Crippen molar-refractivity contribution in [3.05, 3.63) is 59.7 Å². The van der Waals surface area contributed by atoms with Crippen LogP contribution in [0.3, 0.4) is 0 Å². The van der Waals surface area contributed by atoms with Crippen molar-refractivity contribution >= 4 is 17.7 Å². The van der Waals surface area contributed by atoms with Gasteiger partial charge < -0.3 is 10.1 Å². The molecule has 7 heteroatoms. The Bertz CT molecular complexity index is 865. The Kier molecular flexibility index (Phi) is 7.37. The molecule has 0 aliphatic carbocycles. The van der Waals surface area contributed by atoms with Crippen LogP contribution < -0.4 is 5.32 Å². The first kappa shape index (κ1) is 21.2. The minimum Gasteiger partial charge on any atom is -0.465 e. The number of carbonyl (C=O) groups excluding carboxylic acids is 3. The minimum atomic E-state index is -0.689. The summed E-state index contributed by atoms with van der Waals surface area (Å²) in [7, 11) is 0. The van der Waals surface area contributed by atoms with Gasteiger partial charge in [0.1, 0.15) is 18.2 Å². The number of nitrogens with one attached hydrogen (secondary N) is 1. The quantitative estimate of drug-likeness (QED) is 0.554. The minimum absolute atomic E-state index is 0.0427. The van der Waals surface area contributed by atoms with E-state index >= 15 is 0 Å². The van der Waals surface area contributed by atoms with Crippen LogP contribution in [-0.4, -0.2) is 30.8 Å². The van der Waals surface area contributed by atoms with Crippen molar-refractivity contribution < 1.29 is 27.9 Å². The van der Waals surface area contributed by atoms with Gasteiger partial charge >= 0.3 is 5.97 Å². The third-order valence-electron chi connectivity index (χ3n) is 4.10. The van der Waals surface area contributed by atoms with Crippen molar-refractivity contribution in [3.8, 4) is 11.1 Å². The molecule has 0 heterocycles. The Labute approximate surface area is 161 Å². The molecular formula is C21H21F2NO4. The van der Waals surface area contributed by atoms with Gasteiger partial charge in [-0.2, -0.15) is 0 Å². The number of esters is 1. The third kappa shape index (κ3) is 5.70. The third-order valence-corrected chi connectivity index (χ3v) is 4.10. The summed E-state index contributed by atoms with van der Waals surface area (Å²) in [4.78, 5) is 35.6. The van der Waals surface area contributed by atoms with E-state index in [1.165, 1.54) is 18.2 Å². The largest absolute Gasteiger partial charge is 0.465 e. The summed E-state index contributed by atoms with van der Waals surface area (Å²) < 4.78 is 31.6. The zero-order valence-electron chi connectivity index (χ0n) is 15.6. The zero-order valence-corrected chi connectivity index (χ0v) is 15.6. The summed E-state index contributed by atoms with van der Waals surface area (Å²) in [6.07, 6.45) is -0.0427. The predicted octanol–water partition coefficient (Wildman–Crippen LogP) is 3.52. The summed E-state index contributed by atoms with van der Waals surface area (Å²) in [6, 6.07) is 9.48. The maximum Gasteiger partial charge on any atom is 0.325 e. The molecule has 0 radical (unpaired) electrons. The standard InChI is InChI=1S/C21H21F2NO4/c1-3-28-20(26)12-24-21(27)13(2)10-19(25)15-6-4-14(5-7-15)17-9-8-16(22)11-18(17)23/h4-9,11,13H,3,10,12H2,1-2H3,(H,24,27). The Morgan fingerprint density at radius 1 is 1.07 bits per heavy atom. The van der Waals surface area contributed by atoms with Gasteiger partial charge in [-0.25, -0.2) is 8.78 Å². The second-order valence-corrected chi connectivity index (χ2v) is 6.25. The van der Waals surface area contributed by atoms with E-state index in [1.807, 2.05) is 0 Å². The molecular weight excluding hydrogens is 368 g/mol. The van der Waals surface area contributed by atoms with Crippen LogP contribution in [0.25, 0.3) is 11.1 Å². The van der Waals surface area contributed by atoms with E-state index in [2.05, 4.69) is 5.32 Å². The molecule has 0 spiro atoms. The van der Waals surface area contributed by atoms with E-state index < -0.39 is 29.4 Å². The van der Waals surface area contributed by atoms with Gasteiger partial charge in [0, 0.05) is 29.5 Å². The molecule has 1 atom stereocenters. The molecule has 28 heavy (non-hydrogen) atoms. The van der Waals surface area contributed by atoms with Crippen molar-refractivity contribution in [3.63, 3.8) is 0 Å². The smallest absolute Gasteiger partial charge is 0.325 e. The first-order valence-corrected chi connectivity index (χ1v) is 8.83. The van der Waals surface area contributed by atoms with Crippen LogP contribution in [0.2, 0.25) is 0 Å². The van der Waals surface area contributed by atoms with E-state index in [0.29, 0.717) is 11.1 Å². The molecule has 0 aliphatic rings. The lowest BCUT2D eigenvalue weighted by Crippen LogP contribution is -2.35. The summed E-state index contributed by atoms with van der Waals surface area (Å²) in [5.74, 6) is -3.21. The number of halogens is 2. The zero-order chi connectivity index (χ0) is 20.7. The van der Waals surface area contributed by atoms with Gasteiger partial charge in [0.15, 0.2) is 5.78 Å². The maximum absolute atomic E-state index is 13.8. The Hall–Kier alpha value is -3.09. The Balaban J connectivity index is 1.97. The molecule has 1 N–H and O–H groups in total. The number of ether oxygens (including phenoxy) is 1. The molecule has 0 fully saturated rings. The highest BCUT2D eigenvalue weighted by Gasteiger charge is 2.19. The molecule has 0 saturated carbocycles. The Morgan fingerprint density at radius 2 is 1.75 bits per heavy atom. The van der Waals surface area contributed by atoms with Gasteiger partial charge in [0.05, 0.1) is 6.61 Å². The van der Waals surface area contributed by atoms with Gasteiger partial charge in [-0.3, -0.25) is 14.4 Å². The average molecular weight is 389 g/mol. The van der Waals surface area contributed by atoms with Crippen molar-refractivity contribution in [1.29, 1.82) is 0 Å². The number of Topliss-reactive ketones (excluding diaryl/α,β-unsaturated/α-hetero) is 1. The van der Waals surface area contributed by atoms with Crippen molar-refractivity contribution in [2.45, 2.75) is 20.3 Å². The average Bonchev–Trinajstić information content (AvgIpc) is 2.66. The van der Waals surface area contributed by atoms with E-state index in [4.69, 9.17) is 4.74 Å². The lowest BCUT2D eigenvalue weighted by atomic mass is 9.97. The molecule has 0 aromatic heterocycles. The fourth-order valence-corrected chi connectivity index (χ4v) is 2.59. The molecule has 2 aromatic rings. The van der Waals surface area contributed by atoms with Crippen molar-refractivity contribution in [1.82, 2.24) is 5.32 Å². The van der Waals surface area contributed by atoms with Crippen LogP contribution >= 0.6 is 0 Å². The molecule has 5 nitrogen and oxygen atoms in total. The highest BCUT2D eigenvalue weighted by Crippen LogP contribution is 2.24. The normalized spacial score (nSPS) is 11.6. The van der Waals surface area contributed by atoms with Crippen molar-refractivity contribution in [2.75, 3.05) is 13.2 Å². The number of benzene rings is 2. The molecule has 0 saturated heterocycles. The summed E-state index contributed by atoms with van der Waals surface area (Å²) in [5, 5.41) is 2.43. The first-order valence-electron chi connectivity index (χ1n) is 8.83. The summed E-state index contributed by atoms with van der Waals surface area (Å²) in [5.41, 5.74) is 1.11. The lowest BCUT2D eigenvalue weighted by molar-refractivity contribution is -0.143. The van der Waals surface area contributed by atoms with Crippen LogP contribution in [0, 0.1) is 17.6 Å². The second-order valence-electron chi connectivity index (χ2n) is 6.25. The molecule has 0 bridgehead atoms. The van der Waals surface area contributed by atoms with Crippen LogP contribution in [0.4, 0.5) is 8.78 Å². The number of rotatable bonds is 8. The highest BCUT2D eigenvalue weighted by atomic mass is 19.1. The summed E-state index contributed by atoms with van der Waals surface area (Å²) >= 11 is 0. The molecule has 148 valence electrons. The van der Waals surface area contributed by atoms with E-state index in [0.717, 1.165) is 12.1 Å². The lowest BCUT2D eigenvalue weighted by Gasteiger charge is -2.11. The van der Waals surface area contributed by atoms with Crippen LogP contribution in [0.5, 0.6) is 0 Å². The number of ketones is 1.